The summed E-state index contributed by atoms with van der Waals surface area (Å²) in [6, 6.07) is 10.6. The predicted octanol–water partition coefficient (Wildman–Crippen LogP) is 1.73. The SMILES string of the molecule is NS(=O)(=O)c1ccccc1NC(=O)c1ccc(F)cc1. The van der Waals surface area contributed by atoms with Gasteiger partial charge in [0.2, 0.25) is 10.0 Å². The van der Waals surface area contributed by atoms with Crippen LogP contribution in [0.5, 0.6) is 0 Å². The highest BCUT2D eigenvalue weighted by Crippen LogP contribution is 2.20. The van der Waals surface area contributed by atoms with Gasteiger partial charge in [-0.3, -0.25) is 4.79 Å². The first-order valence-corrected chi connectivity index (χ1v) is 7.11. The van der Waals surface area contributed by atoms with Crippen LogP contribution >= 0.6 is 0 Å². The van der Waals surface area contributed by atoms with Gasteiger partial charge in [-0.15, -0.1) is 0 Å². The molecular formula is C13H11FN2O3S. The first kappa shape index (κ1) is 14.2. The van der Waals surface area contributed by atoms with Crippen molar-refractivity contribution in [3.8, 4) is 0 Å². The van der Waals surface area contributed by atoms with Crippen molar-refractivity contribution in [3.05, 3.63) is 59.9 Å². The largest absolute Gasteiger partial charge is 0.321 e. The summed E-state index contributed by atoms with van der Waals surface area (Å²) < 4.78 is 35.6. The molecule has 20 heavy (non-hydrogen) atoms. The van der Waals surface area contributed by atoms with Crippen LogP contribution in [0.1, 0.15) is 10.4 Å². The average molecular weight is 294 g/mol. The Morgan fingerprint density at radius 3 is 2.25 bits per heavy atom. The van der Waals surface area contributed by atoms with Crippen LogP contribution in [-0.4, -0.2) is 14.3 Å². The van der Waals surface area contributed by atoms with Crippen molar-refractivity contribution in [2.24, 2.45) is 5.14 Å². The monoisotopic (exact) mass is 294 g/mol. The summed E-state index contributed by atoms with van der Waals surface area (Å²) >= 11 is 0. The van der Waals surface area contributed by atoms with Gasteiger partial charge in [0, 0.05) is 5.56 Å². The number of anilines is 1. The molecule has 2 rings (SSSR count). The standard InChI is InChI=1S/C13H11FN2O3S/c14-10-7-5-9(6-8-10)13(17)16-11-3-1-2-4-12(11)20(15,18)19/h1-8H,(H,16,17)(H2,15,18,19). The van der Waals surface area contributed by atoms with Gasteiger partial charge in [-0.25, -0.2) is 17.9 Å². The molecule has 0 spiro atoms. The van der Waals surface area contributed by atoms with E-state index in [1.165, 1.54) is 30.3 Å². The lowest BCUT2D eigenvalue weighted by Crippen LogP contribution is -2.18. The molecule has 104 valence electrons. The Hall–Kier alpha value is -2.25. The number of hydrogen-bond acceptors (Lipinski definition) is 3. The Bertz CT molecular complexity index is 742. The molecule has 2 aromatic carbocycles. The van der Waals surface area contributed by atoms with Gasteiger partial charge in [0.05, 0.1) is 5.69 Å². The molecular weight excluding hydrogens is 283 g/mol. The van der Waals surface area contributed by atoms with Crippen LogP contribution in [0.4, 0.5) is 10.1 Å². The minimum atomic E-state index is -3.94. The lowest BCUT2D eigenvalue weighted by molar-refractivity contribution is 0.102. The molecule has 1 amide bonds. The molecule has 0 fully saturated rings. The number of carbonyl (C=O) groups excluding carboxylic acids is 1. The van der Waals surface area contributed by atoms with E-state index in [2.05, 4.69) is 5.32 Å². The first-order chi connectivity index (χ1) is 9.38. The molecule has 0 aromatic heterocycles. The van der Waals surface area contributed by atoms with Gasteiger partial charge in [0.25, 0.3) is 5.91 Å². The zero-order valence-corrected chi connectivity index (χ0v) is 11.0. The summed E-state index contributed by atoms with van der Waals surface area (Å²) in [7, 11) is -3.94. The number of para-hydroxylation sites is 1. The van der Waals surface area contributed by atoms with Crippen LogP contribution in [0.3, 0.4) is 0 Å². The third-order valence-corrected chi connectivity index (χ3v) is 3.52. The molecule has 0 aliphatic carbocycles. The van der Waals surface area contributed by atoms with Gasteiger partial charge in [-0.2, -0.15) is 0 Å². The van der Waals surface area contributed by atoms with E-state index in [-0.39, 0.29) is 16.1 Å². The zero-order chi connectivity index (χ0) is 14.8. The maximum absolute atomic E-state index is 12.8. The van der Waals surface area contributed by atoms with E-state index in [9.17, 15) is 17.6 Å². The smallest absolute Gasteiger partial charge is 0.255 e. The van der Waals surface area contributed by atoms with Gasteiger partial charge >= 0.3 is 0 Å². The Morgan fingerprint density at radius 1 is 1.05 bits per heavy atom. The van der Waals surface area contributed by atoms with Gasteiger partial charge in [0.1, 0.15) is 10.7 Å². The van der Waals surface area contributed by atoms with Crippen LogP contribution in [0.15, 0.2) is 53.4 Å². The molecule has 0 unspecified atom stereocenters. The van der Waals surface area contributed by atoms with Crippen LogP contribution < -0.4 is 10.5 Å². The van der Waals surface area contributed by atoms with Crippen LogP contribution in [-0.2, 0) is 10.0 Å². The fourth-order valence-electron chi connectivity index (χ4n) is 1.61. The lowest BCUT2D eigenvalue weighted by Gasteiger charge is -2.09. The average Bonchev–Trinajstić information content (AvgIpc) is 2.38. The van der Waals surface area contributed by atoms with Crippen molar-refractivity contribution in [3.63, 3.8) is 0 Å². The number of nitrogens with two attached hydrogens (primary N) is 1. The van der Waals surface area contributed by atoms with Gasteiger partial charge in [0.15, 0.2) is 0 Å². The third kappa shape index (κ3) is 3.19. The van der Waals surface area contributed by atoms with Crippen molar-refractivity contribution in [2.45, 2.75) is 4.90 Å². The number of carbonyl (C=O) groups is 1. The van der Waals surface area contributed by atoms with Crippen molar-refractivity contribution in [1.29, 1.82) is 0 Å². The first-order valence-electron chi connectivity index (χ1n) is 5.56. The van der Waals surface area contributed by atoms with Gasteiger partial charge in [-0.1, -0.05) is 12.1 Å². The highest BCUT2D eigenvalue weighted by atomic mass is 32.2. The number of amides is 1. The zero-order valence-electron chi connectivity index (χ0n) is 10.2. The van der Waals surface area contributed by atoms with Gasteiger partial charge in [-0.05, 0) is 36.4 Å². The second-order valence-corrected chi connectivity index (χ2v) is 5.53. The quantitative estimate of drug-likeness (QED) is 0.903. The molecule has 7 heteroatoms. The second-order valence-electron chi connectivity index (χ2n) is 4.00. The lowest BCUT2D eigenvalue weighted by atomic mass is 10.2. The van der Waals surface area contributed by atoms with Gasteiger partial charge < -0.3 is 5.32 Å². The molecule has 0 saturated carbocycles. The molecule has 0 saturated heterocycles. The molecule has 0 radical (unpaired) electrons. The summed E-state index contributed by atoms with van der Waals surface area (Å²) in [5, 5.41) is 7.50. The molecule has 0 bridgehead atoms. The maximum atomic E-state index is 12.8. The van der Waals surface area contributed by atoms with E-state index >= 15 is 0 Å². The third-order valence-electron chi connectivity index (χ3n) is 2.55. The number of hydrogen-bond donors (Lipinski definition) is 2. The predicted molar refractivity (Wildman–Crippen MR) is 72.2 cm³/mol. The fourth-order valence-corrected chi connectivity index (χ4v) is 2.31. The Kier molecular flexibility index (Phi) is 3.82. The van der Waals surface area contributed by atoms with Crippen LogP contribution in [0, 0.1) is 5.82 Å². The minimum absolute atomic E-state index is 0.0734. The molecule has 0 atom stereocenters. The van der Waals surface area contributed by atoms with Crippen molar-refractivity contribution in [1.82, 2.24) is 0 Å². The molecule has 0 aliphatic rings. The Balaban J connectivity index is 2.31. The van der Waals surface area contributed by atoms with E-state index < -0.39 is 21.7 Å². The van der Waals surface area contributed by atoms with E-state index in [0.717, 1.165) is 12.1 Å². The Labute approximate surface area is 115 Å². The summed E-state index contributed by atoms with van der Waals surface area (Å²) in [6.07, 6.45) is 0. The van der Waals surface area contributed by atoms with Crippen molar-refractivity contribution < 1.29 is 17.6 Å². The van der Waals surface area contributed by atoms with Crippen LogP contribution in [0.25, 0.3) is 0 Å². The molecule has 3 N–H and O–H groups in total. The Morgan fingerprint density at radius 2 is 1.65 bits per heavy atom. The summed E-state index contributed by atoms with van der Waals surface area (Å²) in [5.74, 6) is -1.02. The summed E-state index contributed by atoms with van der Waals surface area (Å²) in [5.41, 5.74) is 0.278. The van der Waals surface area contributed by atoms with E-state index in [1.807, 2.05) is 0 Å². The molecule has 0 aliphatic heterocycles. The van der Waals surface area contributed by atoms with E-state index in [0.29, 0.717) is 0 Å². The topological polar surface area (TPSA) is 89.3 Å². The van der Waals surface area contributed by atoms with E-state index in [1.54, 1.807) is 6.07 Å². The highest BCUT2D eigenvalue weighted by molar-refractivity contribution is 7.89. The number of benzene rings is 2. The molecule has 0 heterocycles. The van der Waals surface area contributed by atoms with Crippen molar-refractivity contribution >= 4 is 21.6 Å². The second kappa shape index (κ2) is 5.40. The normalized spacial score (nSPS) is 11.1. The summed E-state index contributed by atoms with van der Waals surface area (Å²) in [4.78, 5) is 11.8. The number of halogens is 1. The number of nitrogens with one attached hydrogen (secondary N) is 1. The highest BCUT2D eigenvalue weighted by Gasteiger charge is 2.15. The summed E-state index contributed by atoms with van der Waals surface area (Å²) in [6.45, 7) is 0. The fraction of sp³-hybridized carbons (Fsp3) is 0. The number of sulfonamides is 1. The van der Waals surface area contributed by atoms with Crippen molar-refractivity contribution in [2.75, 3.05) is 5.32 Å². The number of primary sulfonamides is 1. The molecule has 2 aromatic rings. The maximum Gasteiger partial charge on any atom is 0.255 e. The number of rotatable bonds is 3. The van der Waals surface area contributed by atoms with E-state index in [4.69, 9.17) is 5.14 Å². The molecule has 5 nitrogen and oxygen atoms in total. The van der Waals surface area contributed by atoms with Crippen LogP contribution in [0.2, 0.25) is 0 Å². The minimum Gasteiger partial charge on any atom is -0.321 e.